The fourth-order valence-corrected chi connectivity index (χ4v) is 3.41. The van der Waals surface area contributed by atoms with Crippen LogP contribution in [0.1, 0.15) is 19.3 Å². The first-order chi connectivity index (χ1) is 10.9. The third kappa shape index (κ3) is 2.90. The minimum atomic E-state index is 0.641. The van der Waals surface area contributed by atoms with Gasteiger partial charge in [-0.3, -0.25) is 4.98 Å². The summed E-state index contributed by atoms with van der Waals surface area (Å²) in [5, 5.41) is 7.01. The first-order valence-corrected chi connectivity index (χ1v) is 8.01. The minimum absolute atomic E-state index is 0.641. The summed E-state index contributed by atoms with van der Waals surface area (Å²) in [6.07, 6.45) is 9.39. The molecule has 0 radical (unpaired) electrons. The Morgan fingerprint density at radius 2 is 1.91 bits per heavy atom. The van der Waals surface area contributed by atoms with Crippen LogP contribution in [0.15, 0.2) is 42.9 Å². The summed E-state index contributed by atoms with van der Waals surface area (Å²) in [6.45, 7) is 2.21. The number of hydrogen-bond acceptors (Lipinski definition) is 5. The lowest BCUT2D eigenvalue weighted by atomic mass is 10.1. The molecule has 2 atom stereocenters. The molecule has 0 spiro atoms. The third-order valence-corrected chi connectivity index (χ3v) is 4.59. The zero-order valence-corrected chi connectivity index (χ0v) is 12.6. The fourth-order valence-electron chi connectivity index (χ4n) is 3.41. The summed E-state index contributed by atoms with van der Waals surface area (Å²) in [5.74, 6) is 0.865. The van der Waals surface area contributed by atoms with Crippen LogP contribution in [0.3, 0.4) is 0 Å². The molecule has 2 bridgehead atoms. The van der Waals surface area contributed by atoms with E-state index in [4.69, 9.17) is 0 Å². The smallest absolute Gasteiger partial charge is 0.130 e. The highest BCUT2D eigenvalue weighted by atomic mass is 15.2. The SMILES string of the molecule is c1cc(Nc2ccc(N3CCC4CCC(C3)N4)cn2)ccn1. The van der Waals surface area contributed by atoms with Gasteiger partial charge in [0, 0.05) is 43.3 Å². The van der Waals surface area contributed by atoms with Gasteiger partial charge in [0.25, 0.3) is 0 Å². The monoisotopic (exact) mass is 295 g/mol. The van der Waals surface area contributed by atoms with E-state index in [9.17, 15) is 0 Å². The normalized spacial score (nSPS) is 24.1. The van der Waals surface area contributed by atoms with Crippen molar-refractivity contribution in [3.05, 3.63) is 42.9 Å². The van der Waals surface area contributed by atoms with E-state index < -0.39 is 0 Å². The van der Waals surface area contributed by atoms with Gasteiger partial charge in [-0.05, 0) is 43.5 Å². The summed E-state index contributed by atoms with van der Waals surface area (Å²) in [6, 6.07) is 9.44. The molecule has 0 saturated carbocycles. The maximum atomic E-state index is 4.55. The summed E-state index contributed by atoms with van der Waals surface area (Å²) < 4.78 is 0. The Hall–Kier alpha value is -2.14. The molecule has 2 aliphatic heterocycles. The average Bonchev–Trinajstić information content (AvgIpc) is 2.89. The van der Waals surface area contributed by atoms with Crippen LogP contribution in [0.5, 0.6) is 0 Å². The van der Waals surface area contributed by atoms with E-state index in [1.807, 2.05) is 24.4 Å². The van der Waals surface area contributed by atoms with E-state index in [1.54, 1.807) is 12.4 Å². The van der Waals surface area contributed by atoms with Crippen LogP contribution in [0, 0.1) is 0 Å². The second-order valence-electron chi connectivity index (χ2n) is 6.14. The molecule has 2 saturated heterocycles. The highest BCUT2D eigenvalue weighted by Gasteiger charge is 2.29. The van der Waals surface area contributed by atoms with Gasteiger partial charge in [0.1, 0.15) is 5.82 Å². The lowest BCUT2D eigenvalue weighted by Gasteiger charge is -2.26. The molecule has 5 nitrogen and oxygen atoms in total. The quantitative estimate of drug-likeness (QED) is 0.911. The second-order valence-corrected chi connectivity index (χ2v) is 6.14. The summed E-state index contributed by atoms with van der Waals surface area (Å²) in [4.78, 5) is 11.0. The van der Waals surface area contributed by atoms with Gasteiger partial charge in [0.05, 0.1) is 11.9 Å². The minimum Gasteiger partial charge on any atom is -0.369 e. The molecule has 22 heavy (non-hydrogen) atoms. The molecule has 114 valence electrons. The Balaban J connectivity index is 1.45. The fraction of sp³-hybridized carbons (Fsp3) is 0.412. The van der Waals surface area contributed by atoms with Crippen molar-refractivity contribution in [1.82, 2.24) is 15.3 Å². The molecule has 2 aromatic heterocycles. The zero-order chi connectivity index (χ0) is 14.8. The number of fused-ring (bicyclic) bond motifs is 2. The standard InChI is InChI=1S/C17H21N5/c1-2-15-12-22(10-7-13(1)20-15)16-3-4-17(19-11-16)21-14-5-8-18-9-6-14/h3-6,8-9,11,13,15,20H,1-2,7,10,12H2,(H,18,19,21). The van der Waals surface area contributed by atoms with Crippen molar-refractivity contribution >= 4 is 17.2 Å². The van der Waals surface area contributed by atoms with Crippen LogP contribution in [0.25, 0.3) is 0 Å². The Labute approximate surface area is 130 Å². The van der Waals surface area contributed by atoms with E-state index in [0.29, 0.717) is 6.04 Å². The molecule has 4 heterocycles. The third-order valence-electron chi connectivity index (χ3n) is 4.59. The summed E-state index contributed by atoms with van der Waals surface area (Å²) in [7, 11) is 0. The van der Waals surface area contributed by atoms with Crippen molar-refractivity contribution in [3.63, 3.8) is 0 Å². The zero-order valence-electron chi connectivity index (χ0n) is 12.6. The Morgan fingerprint density at radius 3 is 2.73 bits per heavy atom. The lowest BCUT2D eigenvalue weighted by Crippen LogP contribution is -2.35. The van der Waals surface area contributed by atoms with Crippen LogP contribution >= 0.6 is 0 Å². The summed E-state index contributed by atoms with van der Waals surface area (Å²) >= 11 is 0. The van der Waals surface area contributed by atoms with Crippen LogP contribution < -0.4 is 15.5 Å². The van der Waals surface area contributed by atoms with E-state index >= 15 is 0 Å². The highest BCUT2D eigenvalue weighted by Crippen LogP contribution is 2.25. The van der Waals surface area contributed by atoms with Crippen LogP contribution in [-0.4, -0.2) is 35.1 Å². The Kier molecular flexibility index (Phi) is 3.64. The first-order valence-electron chi connectivity index (χ1n) is 8.01. The maximum absolute atomic E-state index is 4.55. The number of pyridine rings is 2. The van der Waals surface area contributed by atoms with Crippen molar-refractivity contribution < 1.29 is 0 Å². The first kappa shape index (κ1) is 13.5. The molecule has 2 aromatic rings. The molecule has 4 rings (SSSR count). The molecule has 2 N–H and O–H groups in total. The van der Waals surface area contributed by atoms with E-state index in [2.05, 4.69) is 31.6 Å². The molecular weight excluding hydrogens is 274 g/mol. The predicted octanol–water partition coefficient (Wildman–Crippen LogP) is 2.55. The van der Waals surface area contributed by atoms with E-state index in [-0.39, 0.29) is 0 Å². The molecule has 0 aromatic carbocycles. The predicted molar refractivity (Wildman–Crippen MR) is 88.5 cm³/mol. The number of nitrogens with one attached hydrogen (secondary N) is 2. The van der Waals surface area contributed by atoms with Crippen LogP contribution in [-0.2, 0) is 0 Å². The molecule has 2 aliphatic rings. The molecule has 0 amide bonds. The van der Waals surface area contributed by atoms with Gasteiger partial charge in [-0.1, -0.05) is 0 Å². The van der Waals surface area contributed by atoms with Gasteiger partial charge in [-0.25, -0.2) is 4.98 Å². The molecule has 2 fully saturated rings. The average molecular weight is 295 g/mol. The number of hydrogen-bond donors (Lipinski definition) is 2. The molecule has 0 aliphatic carbocycles. The van der Waals surface area contributed by atoms with Gasteiger partial charge < -0.3 is 15.5 Å². The maximum Gasteiger partial charge on any atom is 0.130 e. The second kappa shape index (κ2) is 5.93. The molecule has 2 unspecified atom stereocenters. The van der Waals surface area contributed by atoms with Gasteiger partial charge in [0.15, 0.2) is 0 Å². The molecular formula is C17H21N5. The number of nitrogens with zero attached hydrogens (tertiary/aromatic N) is 3. The van der Waals surface area contributed by atoms with Crippen molar-refractivity contribution in [3.8, 4) is 0 Å². The number of aromatic nitrogens is 2. The summed E-state index contributed by atoms with van der Waals surface area (Å²) in [5.41, 5.74) is 2.22. The van der Waals surface area contributed by atoms with Gasteiger partial charge in [0.2, 0.25) is 0 Å². The van der Waals surface area contributed by atoms with Crippen molar-refractivity contribution in [2.24, 2.45) is 0 Å². The van der Waals surface area contributed by atoms with Gasteiger partial charge in [-0.15, -0.1) is 0 Å². The topological polar surface area (TPSA) is 53.1 Å². The van der Waals surface area contributed by atoms with E-state index in [1.165, 1.54) is 24.9 Å². The van der Waals surface area contributed by atoms with Crippen molar-refractivity contribution in [2.75, 3.05) is 23.3 Å². The van der Waals surface area contributed by atoms with E-state index in [0.717, 1.165) is 30.6 Å². The highest BCUT2D eigenvalue weighted by molar-refractivity contribution is 5.57. The number of anilines is 3. The van der Waals surface area contributed by atoms with Gasteiger partial charge in [-0.2, -0.15) is 0 Å². The van der Waals surface area contributed by atoms with Crippen LogP contribution in [0.4, 0.5) is 17.2 Å². The Morgan fingerprint density at radius 1 is 1.05 bits per heavy atom. The molecule has 5 heteroatoms. The van der Waals surface area contributed by atoms with Crippen molar-refractivity contribution in [2.45, 2.75) is 31.3 Å². The van der Waals surface area contributed by atoms with Crippen molar-refractivity contribution in [1.29, 1.82) is 0 Å². The lowest BCUT2D eigenvalue weighted by molar-refractivity contribution is 0.563. The van der Waals surface area contributed by atoms with Crippen LogP contribution in [0.2, 0.25) is 0 Å². The van der Waals surface area contributed by atoms with Gasteiger partial charge >= 0.3 is 0 Å². The Bertz CT molecular complexity index is 613. The number of rotatable bonds is 3. The largest absolute Gasteiger partial charge is 0.369 e.